The van der Waals surface area contributed by atoms with Crippen molar-refractivity contribution in [3.63, 3.8) is 0 Å². The van der Waals surface area contributed by atoms with Crippen LogP contribution in [0.15, 0.2) is 54.7 Å². The number of urea groups is 1. The van der Waals surface area contributed by atoms with E-state index in [9.17, 15) is 19.2 Å². The molecule has 0 unspecified atom stereocenters. The van der Waals surface area contributed by atoms with E-state index < -0.39 is 6.03 Å². The normalized spacial score (nSPS) is 20.1. The monoisotopic (exact) mass is 884 g/mol. The van der Waals surface area contributed by atoms with E-state index in [1.165, 1.54) is 0 Å². The first-order valence-electron chi connectivity index (χ1n) is 21.6. The number of aromatic nitrogens is 3. The standard InChI is InChI=1S/C45H53ClN10O5.ClH/c1-29(2)55-19-14-36-39(55)25-32(26-40(36)56-20-15-42(57)49-45(56)60)44(59)54-23-21-52(22-24-54)16-11-30-12-17-53(18-13-30)41-10-9-38(50-51-41)43(58)48-33-4-7-34(8-5-33)61-35-6-3-31(28-47)37(46)27-35;/h3,6,9-10,14,19,25-27,29-30,33-34H,4-5,7-8,11-13,15-18,20-24H2,1-2H3,(H,48,58)(H,49,57,60);1H. The zero-order valence-electron chi connectivity index (χ0n) is 35.2. The van der Waals surface area contributed by atoms with Crippen LogP contribution in [0.2, 0.25) is 5.02 Å². The average Bonchev–Trinajstić information content (AvgIpc) is 3.71. The van der Waals surface area contributed by atoms with Gasteiger partial charge in [0.15, 0.2) is 11.5 Å². The molecular weight excluding hydrogens is 831 g/mol. The van der Waals surface area contributed by atoms with Crippen molar-refractivity contribution in [2.45, 2.75) is 83.4 Å². The van der Waals surface area contributed by atoms with Crippen LogP contribution in [-0.4, -0.2) is 113 Å². The van der Waals surface area contributed by atoms with Crippen LogP contribution < -0.4 is 25.2 Å². The van der Waals surface area contributed by atoms with Crippen molar-refractivity contribution in [2.75, 3.05) is 62.2 Å². The van der Waals surface area contributed by atoms with Gasteiger partial charge in [-0.25, -0.2) is 4.79 Å². The third kappa shape index (κ3) is 10.1. The van der Waals surface area contributed by atoms with Gasteiger partial charge < -0.3 is 24.4 Å². The van der Waals surface area contributed by atoms with Crippen LogP contribution in [0.25, 0.3) is 10.9 Å². The molecule has 3 aliphatic heterocycles. The topological polar surface area (TPSA) is 169 Å². The van der Waals surface area contributed by atoms with E-state index in [0.29, 0.717) is 52.3 Å². The highest BCUT2D eigenvalue weighted by Gasteiger charge is 2.30. The van der Waals surface area contributed by atoms with E-state index >= 15 is 0 Å². The van der Waals surface area contributed by atoms with Gasteiger partial charge in [-0.3, -0.25) is 29.5 Å². The third-order valence-electron chi connectivity index (χ3n) is 12.7. The number of rotatable bonds is 11. The number of anilines is 2. The summed E-state index contributed by atoms with van der Waals surface area (Å²) in [6, 6.07) is 16.3. The lowest BCUT2D eigenvalue weighted by Crippen LogP contribution is -2.50. The minimum atomic E-state index is -0.463. The second-order valence-electron chi connectivity index (χ2n) is 16.9. The summed E-state index contributed by atoms with van der Waals surface area (Å²) >= 11 is 6.15. The van der Waals surface area contributed by atoms with E-state index in [-0.39, 0.29) is 61.3 Å². The first-order valence-corrected chi connectivity index (χ1v) is 21.9. The Morgan fingerprint density at radius 1 is 0.935 bits per heavy atom. The second kappa shape index (κ2) is 19.7. The van der Waals surface area contributed by atoms with E-state index in [1.807, 2.05) is 35.4 Å². The number of hydrogen-bond donors (Lipinski definition) is 2. The molecule has 1 aliphatic carbocycles. The number of benzene rings is 2. The third-order valence-corrected chi connectivity index (χ3v) is 13.0. The highest BCUT2D eigenvalue weighted by molar-refractivity contribution is 6.31. The van der Waals surface area contributed by atoms with Gasteiger partial charge in [0, 0.05) is 87.5 Å². The van der Waals surface area contributed by atoms with E-state index in [0.717, 1.165) is 94.4 Å². The number of carbonyl (C=O) groups is 4. The summed E-state index contributed by atoms with van der Waals surface area (Å²) in [6.07, 6.45) is 8.59. The molecule has 328 valence electrons. The molecule has 0 spiro atoms. The van der Waals surface area contributed by atoms with Crippen LogP contribution in [0.3, 0.4) is 0 Å². The molecule has 2 aromatic heterocycles. The zero-order valence-corrected chi connectivity index (χ0v) is 36.8. The van der Waals surface area contributed by atoms with Crippen molar-refractivity contribution in [2.24, 2.45) is 5.92 Å². The van der Waals surface area contributed by atoms with Gasteiger partial charge in [-0.15, -0.1) is 22.6 Å². The summed E-state index contributed by atoms with van der Waals surface area (Å²) in [7, 11) is 0. The summed E-state index contributed by atoms with van der Waals surface area (Å²) in [5.74, 6) is 1.47. The van der Waals surface area contributed by atoms with Crippen molar-refractivity contribution in [3.05, 3.63) is 76.6 Å². The molecule has 0 bridgehead atoms. The van der Waals surface area contributed by atoms with Gasteiger partial charge in [0.05, 0.1) is 27.9 Å². The highest BCUT2D eigenvalue weighted by Crippen LogP contribution is 2.34. The molecular formula is C45H54Cl2N10O5. The predicted octanol–water partition coefficient (Wildman–Crippen LogP) is 6.59. The van der Waals surface area contributed by atoms with Gasteiger partial charge >= 0.3 is 6.03 Å². The van der Waals surface area contributed by atoms with Crippen LogP contribution in [0, 0.1) is 17.2 Å². The fourth-order valence-electron chi connectivity index (χ4n) is 9.06. The predicted molar refractivity (Wildman–Crippen MR) is 239 cm³/mol. The average molecular weight is 886 g/mol. The molecule has 1 saturated carbocycles. The molecule has 0 radical (unpaired) electrons. The van der Waals surface area contributed by atoms with Gasteiger partial charge in [-0.2, -0.15) is 5.26 Å². The number of carbonyl (C=O) groups excluding carboxylic acids is 4. The maximum Gasteiger partial charge on any atom is 0.328 e. The lowest BCUT2D eigenvalue weighted by molar-refractivity contribution is -0.120. The molecule has 4 fully saturated rings. The summed E-state index contributed by atoms with van der Waals surface area (Å²) in [6.45, 7) is 10.1. The summed E-state index contributed by atoms with van der Waals surface area (Å²) in [4.78, 5) is 59.9. The van der Waals surface area contributed by atoms with Crippen LogP contribution in [0.4, 0.5) is 16.3 Å². The summed E-state index contributed by atoms with van der Waals surface area (Å²) < 4.78 is 8.20. The highest BCUT2D eigenvalue weighted by atomic mass is 35.5. The Bertz CT molecular complexity index is 2310. The quantitative estimate of drug-likeness (QED) is 0.168. The van der Waals surface area contributed by atoms with Gasteiger partial charge in [-0.05, 0) is 114 Å². The minimum Gasteiger partial charge on any atom is -0.490 e. The molecule has 2 aromatic carbocycles. The number of nitrogens with zero attached hydrogens (tertiary/aromatic N) is 8. The largest absolute Gasteiger partial charge is 0.490 e. The van der Waals surface area contributed by atoms with E-state index in [1.54, 1.807) is 29.2 Å². The molecule has 5 amide bonds. The first kappa shape index (κ1) is 44.6. The fraction of sp³-hybridized carbons (Fsp3) is 0.489. The van der Waals surface area contributed by atoms with Gasteiger partial charge in [0.2, 0.25) is 5.91 Å². The zero-order chi connectivity index (χ0) is 42.6. The number of fused-ring (bicyclic) bond motifs is 1. The van der Waals surface area contributed by atoms with Gasteiger partial charge in [-0.1, -0.05) is 11.6 Å². The Labute approximate surface area is 373 Å². The van der Waals surface area contributed by atoms with Crippen LogP contribution in [0.1, 0.15) is 97.7 Å². The Morgan fingerprint density at radius 3 is 2.35 bits per heavy atom. The maximum absolute atomic E-state index is 14.0. The number of halogens is 2. The number of nitrogens with one attached hydrogen (secondary N) is 2. The van der Waals surface area contributed by atoms with Crippen molar-refractivity contribution in [1.29, 1.82) is 5.26 Å². The van der Waals surface area contributed by atoms with Crippen LogP contribution >= 0.6 is 24.0 Å². The summed E-state index contributed by atoms with van der Waals surface area (Å²) in [5, 5.41) is 24.6. The lowest BCUT2D eigenvalue weighted by atomic mass is 9.92. The second-order valence-corrected chi connectivity index (χ2v) is 17.4. The molecule has 15 nitrogen and oxygen atoms in total. The van der Waals surface area contributed by atoms with Gasteiger partial charge in [0.1, 0.15) is 11.8 Å². The lowest BCUT2D eigenvalue weighted by Gasteiger charge is -2.37. The number of nitriles is 1. The number of piperidine rings is 1. The van der Waals surface area contributed by atoms with Crippen molar-refractivity contribution in [3.8, 4) is 11.8 Å². The van der Waals surface area contributed by atoms with Crippen LogP contribution in [-0.2, 0) is 4.79 Å². The van der Waals surface area contributed by atoms with Crippen molar-refractivity contribution < 1.29 is 23.9 Å². The smallest absolute Gasteiger partial charge is 0.328 e. The fourth-order valence-corrected chi connectivity index (χ4v) is 9.27. The molecule has 0 atom stereocenters. The maximum atomic E-state index is 14.0. The molecule has 8 rings (SSSR count). The number of ether oxygens (including phenoxy) is 1. The Balaban J connectivity index is 0.00000578. The van der Waals surface area contributed by atoms with Crippen molar-refractivity contribution >= 4 is 70.2 Å². The van der Waals surface area contributed by atoms with Gasteiger partial charge in [0.25, 0.3) is 11.8 Å². The molecule has 3 saturated heterocycles. The number of hydrogen-bond acceptors (Lipinski definition) is 10. The molecule has 2 N–H and O–H groups in total. The minimum absolute atomic E-state index is 0. The van der Waals surface area contributed by atoms with E-state index in [4.69, 9.17) is 21.6 Å². The molecule has 17 heteroatoms. The Hall–Kier alpha value is -5.43. The number of imide groups is 1. The van der Waals surface area contributed by atoms with Crippen LogP contribution in [0.5, 0.6) is 5.75 Å². The Morgan fingerprint density at radius 2 is 1.69 bits per heavy atom. The van der Waals surface area contributed by atoms with Crippen molar-refractivity contribution in [1.82, 2.24) is 35.2 Å². The molecule has 4 aliphatic rings. The number of amides is 5. The molecule has 5 heterocycles. The molecule has 62 heavy (non-hydrogen) atoms. The van der Waals surface area contributed by atoms with E-state index in [2.05, 4.69) is 55.1 Å². The SMILES string of the molecule is CC(C)n1ccc2c(N3CCC(=O)NC3=O)cc(C(=O)N3CCN(CCC4CCN(c5ccc(C(=O)NC6CCC(Oc7ccc(C#N)c(Cl)c7)CC6)nn5)CC4)CC3)cc21.Cl. The summed E-state index contributed by atoms with van der Waals surface area (Å²) in [5.41, 5.74) is 2.81. The Kier molecular flexibility index (Phi) is 14.2. The first-order chi connectivity index (χ1) is 29.5. The number of piperazine rings is 1. The molecule has 4 aromatic rings.